The van der Waals surface area contributed by atoms with Crippen molar-refractivity contribution in [3.05, 3.63) is 38.4 Å². The van der Waals surface area contributed by atoms with E-state index in [1.54, 1.807) is 11.3 Å². The number of carbonyl (C=O) groups excluding carboxylic acids is 2. The Morgan fingerprint density at radius 1 is 1.38 bits per heavy atom. The first kappa shape index (κ1) is 16.7. The Bertz CT molecular complexity index is 788. The number of hydrogen-bond acceptors (Lipinski definition) is 6. The van der Waals surface area contributed by atoms with Gasteiger partial charge in [-0.2, -0.15) is 5.26 Å². The average Bonchev–Trinajstić information content (AvgIpc) is 3.28. The van der Waals surface area contributed by atoms with Gasteiger partial charge in [-0.3, -0.25) is 9.59 Å². The Morgan fingerprint density at radius 3 is 3.00 bits per heavy atom. The van der Waals surface area contributed by atoms with Crippen LogP contribution >= 0.6 is 22.7 Å². The maximum Gasteiger partial charge on any atom is 0.306 e. The van der Waals surface area contributed by atoms with Crippen molar-refractivity contribution in [3.8, 4) is 6.07 Å². The summed E-state index contributed by atoms with van der Waals surface area (Å²) in [6.45, 7) is -0.323. The zero-order valence-corrected chi connectivity index (χ0v) is 14.6. The van der Waals surface area contributed by atoms with Crippen molar-refractivity contribution in [2.24, 2.45) is 0 Å². The second-order valence-electron chi connectivity index (χ2n) is 5.46. The molecular weight excluding hydrogens is 344 g/mol. The quantitative estimate of drug-likeness (QED) is 0.802. The van der Waals surface area contributed by atoms with Crippen LogP contribution in [0.3, 0.4) is 0 Å². The number of thiophene rings is 2. The van der Waals surface area contributed by atoms with Crippen LogP contribution in [0.25, 0.3) is 0 Å². The van der Waals surface area contributed by atoms with E-state index in [-0.39, 0.29) is 13.0 Å². The van der Waals surface area contributed by atoms with E-state index in [0.29, 0.717) is 17.0 Å². The molecule has 0 aliphatic heterocycles. The zero-order valence-electron chi connectivity index (χ0n) is 13.0. The van der Waals surface area contributed by atoms with Crippen molar-refractivity contribution in [2.45, 2.75) is 32.1 Å². The summed E-state index contributed by atoms with van der Waals surface area (Å²) < 4.78 is 5.00. The second-order valence-corrected chi connectivity index (χ2v) is 7.60. The molecule has 0 unspecified atom stereocenters. The lowest BCUT2D eigenvalue weighted by Gasteiger charge is -2.05. The van der Waals surface area contributed by atoms with Crippen molar-refractivity contribution in [3.63, 3.8) is 0 Å². The molecule has 0 atom stereocenters. The van der Waals surface area contributed by atoms with Crippen molar-refractivity contribution < 1.29 is 14.3 Å². The van der Waals surface area contributed by atoms with Crippen LogP contribution in [0.1, 0.15) is 33.7 Å². The molecule has 0 radical (unpaired) electrons. The molecule has 1 aliphatic carbocycles. The molecule has 1 aliphatic rings. The number of amides is 1. The zero-order chi connectivity index (χ0) is 16.9. The number of rotatable bonds is 6. The minimum atomic E-state index is -0.407. The summed E-state index contributed by atoms with van der Waals surface area (Å²) in [5, 5.41) is 14.5. The lowest BCUT2D eigenvalue weighted by molar-refractivity contribution is -0.147. The maximum absolute atomic E-state index is 12.0. The van der Waals surface area contributed by atoms with Gasteiger partial charge in [-0.15, -0.1) is 22.7 Å². The number of fused-ring (bicyclic) bond motifs is 1. The monoisotopic (exact) mass is 360 g/mol. The van der Waals surface area contributed by atoms with Gasteiger partial charge >= 0.3 is 5.97 Å². The van der Waals surface area contributed by atoms with Crippen LogP contribution in [0.15, 0.2) is 17.5 Å². The molecule has 0 spiro atoms. The number of aryl methyl sites for hydroxylation is 2. The molecular formula is C17H16N2O3S2. The Hall–Kier alpha value is -2.17. The molecule has 24 heavy (non-hydrogen) atoms. The molecule has 2 aromatic rings. The van der Waals surface area contributed by atoms with E-state index in [1.807, 2.05) is 17.5 Å². The standard InChI is InChI=1S/C17H16N2O3S2/c18-9-13-12-4-1-5-14(12)24-17(13)19-15(20)10-22-16(21)7-6-11-3-2-8-23-11/h2-3,8H,1,4-7,10H2,(H,19,20). The molecule has 0 fully saturated rings. The topological polar surface area (TPSA) is 79.2 Å². The number of nitrogens with zero attached hydrogens (tertiary/aromatic N) is 1. The van der Waals surface area contributed by atoms with Crippen LogP contribution in [-0.4, -0.2) is 18.5 Å². The van der Waals surface area contributed by atoms with Gasteiger partial charge in [-0.05, 0) is 42.7 Å². The lowest BCUT2D eigenvalue weighted by atomic mass is 10.1. The normalized spacial score (nSPS) is 12.5. The molecule has 0 saturated carbocycles. The van der Waals surface area contributed by atoms with Crippen LogP contribution in [0.4, 0.5) is 5.00 Å². The first-order valence-electron chi connectivity index (χ1n) is 7.70. The van der Waals surface area contributed by atoms with Crippen molar-refractivity contribution in [1.82, 2.24) is 0 Å². The third-order valence-electron chi connectivity index (χ3n) is 3.81. The van der Waals surface area contributed by atoms with Gasteiger partial charge in [0, 0.05) is 9.75 Å². The van der Waals surface area contributed by atoms with Crippen LogP contribution in [-0.2, 0) is 33.6 Å². The van der Waals surface area contributed by atoms with Gasteiger partial charge in [0.15, 0.2) is 6.61 Å². The average molecular weight is 360 g/mol. The highest BCUT2D eigenvalue weighted by atomic mass is 32.1. The number of anilines is 1. The smallest absolute Gasteiger partial charge is 0.306 e. The number of nitriles is 1. The molecule has 0 saturated heterocycles. The summed E-state index contributed by atoms with van der Waals surface area (Å²) in [4.78, 5) is 25.9. The number of hydrogen-bond donors (Lipinski definition) is 1. The molecule has 3 rings (SSSR count). The van der Waals surface area contributed by atoms with Gasteiger partial charge in [0.2, 0.25) is 0 Å². The number of esters is 1. The van der Waals surface area contributed by atoms with Gasteiger partial charge in [-0.1, -0.05) is 6.07 Å². The van der Waals surface area contributed by atoms with Crippen LogP contribution in [0, 0.1) is 11.3 Å². The van der Waals surface area contributed by atoms with Gasteiger partial charge in [0.25, 0.3) is 5.91 Å². The Kier molecular flexibility index (Phi) is 5.28. The molecule has 1 N–H and O–H groups in total. The molecule has 2 aromatic heterocycles. The largest absolute Gasteiger partial charge is 0.456 e. The predicted molar refractivity (Wildman–Crippen MR) is 93.3 cm³/mol. The number of carbonyl (C=O) groups is 2. The van der Waals surface area contributed by atoms with Crippen LogP contribution < -0.4 is 5.32 Å². The van der Waals surface area contributed by atoms with E-state index >= 15 is 0 Å². The Morgan fingerprint density at radius 2 is 2.25 bits per heavy atom. The highest BCUT2D eigenvalue weighted by Gasteiger charge is 2.23. The third-order valence-corrected chi connectivity index (χ3v) is 5.95. The first-order valence-corrected chi connectivity index (χ1v) is 9.39. The fraction of sp³-hybridized carbons (Fsp3) is 0.353. The van der Waals surface area contributed by atoms with Crippen molar-refractivity contribution in [2.75, 3.05) is 11.9 Å². The van der Waals surface area contributed by atoms with Crippen molar-refractivity contribution in [1.29, 1.82) is 5.26 Å². The highest BCUT2D eigenvalue weighted by molar-refractivity contribution is 7.16. The highest BCUT2D eigenvalue weighted by Crippen LogP contribution is 2.38. The van der Waals surface area contributed by atoms with Gasteiger partial charge in [0.05, 0.1) is 12.0 Å². The number of nitrogens with one attached hydrogen (secondary N) is 1. The van der Waals surface area contributed by atoms with E-state index in [1.165, 1.54) is 16.2 Å². The molecule has 0 bridgehead atoms. The second kappa shape index (κ2) is 7.60. The van der Waals surface area contributed by atoms with E-state index < -0.39 is 11.9 Å². The van der Waals surface area contributed by atoms with E-state index in [2.05, 4.69) is 11.4 Å². The fourth-order valence-corrected chi connectivity index (χ4v) is 4.64. The summed E-state index contributed by atoms with van der Waals surface area (Å²) in [6, 6.07) is 6.07. The Balaban J connectivity index is 1.48. The minimum Gasteiger partial charge on any atom is -0.456 e. The van der Waals surface area contributed by atoms with Crippen molar-refractivity contribution >= 4 is 39.6 Å². The van der Waals surface area contributed by atoms with Crippen LogP contribution in [0.2, 0.25) is 0 Å². The molecule has 7 heteroatoms. The lowest BCUT2D eigenvalue weighted by Crippen LogP contribution is -2.21. The molecule has 0 aromatic carbocycles. The summed E-state index contributed by atoms with van der Waals surface area (Å²) in [6.07, 6.45) is 3.79. The SMILES string of the molecule is N#Cc1c(NC(=O)COC(=O)CCc2cccs2)sc2c1CCC2. The summed E-state index contributed by atoms with van der Waals surface area (Å²) in [5.74, 6) is -0.802. The summed E-state index contributed by atoms with van der Waals surface area (Å²) in [7, 11) is 0. The van der Waals surface area contributed by atoms with E-state index in [9.17, 15) is 14.9 Å². The first-order chi connectivity index (χ1) is 11.7. The fourth-order valence-electron chi connectivity index (χ4n) is 2.67. The summed E-state index contributed by atoms with van der Waals surface area (Å²) >= 11 is 3.04. The molecule has 124 valence electrons. The molecule has 2 heterocycles. The number of ether oxygens (including phenoxy) is 1. The molecule has 1 amide bonds. The third kappa shape index (κ3) is 3.83. The van der Waals surface area contributed by atoms with Crippen LogP contribution in [0.5, 0.6) is 0 Å². The van der Waals surface area contributed by atoms with Gasteiger partial charge in [0.1, 0.15) is 11.1 Å². The Labute approximate surface area is 147 Å². The maximum atomic E-state index is 12.0. The molecule has 5 nitrogen and oxygen atoms in total. The van der Waals surface area contributed by atoms with Gasteiger partial charge < -0.3 is 10.1 Å². The predicted octanol–water partition coefficient (Wildman–Crippen LogP) is 3.28. The minimum absolute atomic E-state index is 0.255. The van der Waals surface area contributed by atoms with E-state index in [4.69, 9.17) is 4.74 Å². The van der Waals surface area contributed by atoms with E-state index in [0.717, 1.165) is 29.7 Å². The van der Waals surface area contributed by atoms with Gasteiger partial charge in [-0.25, -0.2) is 0 Å². The summed E-state index contributed by atoms with van der Waals surface area (Å²) in [5.41, 5.74) is 1.62.